The smallest absolute Gasteiger partial charge is 0.124 e. The average molecular weight is 234 g/mol. The number of rotatable bonds is 6. The fourth-order valence-electron chi connectivity index (χ4n) is 1.77. The molecule has 0 bridgehead atoms. The maximum absolute atomic E-state index is 12.9. The number of benzene rings is 1. The normalized spacial score (nSPS) is 11.9. The van der Waals surface area contributed by atoms with Crippen LogP contribution in [0, 0.1) is 17.1 Å². The van der Waals surface area contributed by atoms with Gasteiger partial charge in [0.2, 0.25) is 0 Å². The van der Waals surface area contributed by atoms with Gasteiger partial charge in [0.05, 0.1) is 11.3 Å². The Kier molecular flexibility index (Phi) is 5.48. The summed E-state index contributed by atoms with van der Waals surface area (Å²) in [6, 6.07) is 6.58. The molecule has 17 heavy (non-hydrogen) atoms. The summed E-state index contributed by atoms with van der Waals surface area (Å²) in [4.78, 5) is 0. The van der Waals surface area contributed by atoms with E-state index < -0.39 is 0 Å². The van der Waals surface area contributed by atoms with Crippen LogP contribution in [0.15, 0.2) is 18.2 Å². The number of unbranched alkanes of at least 4 members (excludes halogenated alkanes) is 2. The van der Waals surface area contributed by atoms with Gasteiger partial charge in [0.1, 0.15) is 11.9 Å². The van der Waals surface area contributed by atoms with Crippen LogP contribution >= 0.6 is 0 Å². The second-order valence-electron chi connectivity index (χ2n) is 4.34. The molecule has 92 valence electrons. The predicted octanol–water partition coefficient (Wildman–Crippen LogP) is 4.08. The number of hydrogen-bond donors (Lipinski definition) is 1. The molecule has 1 unspecified atom stereocenters. The molecule has 1 atom stereocenters. The average Bonchev–Trinajstić information content (AvgIpc) is 2.32. The van der Waals surface area contributed by atoms with Gasteiger partial charge in [-0.15, -0.1) is 0 Å². The number of nitrogens with one attached hydrogen (secondary N) is 1. The van der Waals surface area contributed by atoms with E-state index in [1.54, 1.807) is 6.07 Å². The molecular formula is C14H19FN2. The molecule has 0 saturated carbocycles. The number of nitrogens with zero attached hydrogens (tertiary/aromatic N) is 1. The molecular weight excluding hydrogens is 215 g/mol. The Balaban J connectivity index is 2.59. The van der Waals surface area contributed by atoms with E-state index in [-0.39, 0.29) is 5.82 Å². The van der Waals surface area contributed by atoms with Crippen LogP contribution < -0.4 is 5.32 Å². The first kappa shape index (κ1) is 13.5. The van der Waals surface area contributed by atoms with Gasteiger partial charge in [-0.1, -0.05) is 26.2 Å². The highest BCUT2D eigenvalue weighted by molar-refractivity contribution is 5.57. The topological polar surface area (TPSA) is 35.8 Å². The first-order valence-electron chi connectivity index (χ1n) is 6.13. The van der Waals surface area contributed by atoms with Crippen LogP contribution in [0.3, 0.4) is 0 Å². The van der Waals surface area contributed by atoms with E-state index in [9.17, 15) is 4.39 Å². The van der Waals surface area contributed by atoms with Crippen molar-refractivity contribution in [3.63, 3.8) is 0 Å². The van der Waals surface area contributed by atoms with Crippen molar-refractivity contribution in [1.29, 1.82) is 5.26 Å². The first-order valence-corrected chi connectivity index (χ1v) is 6.13. The zero-order chi connectivity index (χ0) is 12.7. The summed E-state index contributed by atoms with van der Waals surface area (Å²) in [5.74, 6) is -0.370. The summed E-state index contributed by atoms with van der Waals surface area (Å²) in [5, 5.41) is 12.2. The molecule has 0 aliphatic heterocycles. The Hall–Kier alpha value is -1.56. The molecule has 0 spiro atoms. The maximum atomic E-state index is 12.9. The minimum absolute atomic E-state index is 0.305. The lowest BCUT2D eigenvalue weighted by Crippen LogP contribution is -2.15. The van der Waals surface area contributed by atoms with Gasteiger partial charge in [-0.3, -0.25) is 0 Å². The van der Waals surface area contributed by atoms with Gasteiger partial charge in [-0.2, -0.15) is 5.26 Å². The molecule has 0 fully saturated rings. The zero-order valence-corrected chi connectivity index (χ0v) is 10.5. The molecule has 1 rings (SSSR count). The summed E-state index contributed by atoms with van der Waals surface area (Å²) in [7, 11) is 0. The maximum Gasteiger partial charge on any atom is 0.124 e. The minimum Gasteiger partial charge on any atom is -0.382 e. The zero-order valence-electron chi connectivity index (χ0n) is 10.5. The van der Waals surface area contributed by atoms with Crippen molar-refractivity contribution in [2.75, 3.05) is 5.32 Å². The number of nitriles is 1. The van der Waals surface area contributed by atoms with Gasteiger partial charge in [0, 0.05) is 6.04 Å². The van der Waals surface area contributed by atoms with E-state index in [1.807, 2.05) is 6.07 Å². The third-order valence-corrected chi connectivity index (χ3v) is 2.74. The third kappa shape index (κ3) is 4.44. The third-order valence-electron chi connectivity index (χ3n) is 2.74. The molecule has 1 N–H and O–H groups in total. The van der Waals surface area contributed by atoms with Crippen LogP contribution in [0.4, 0.5) is 10.1 Å². The van der Waals surface area contributed by atoms with Crippen LogP contribution in [0.25, 0.3) is 0 Å². The monoisotopic (exact) mass is 234 g/mol. The molecule has 1 aromatic rings. The predicted molar refractivity (Wildman–Crippen MR) is 68.3 cm³/mol. The molecule has 0 aliphatic carbocycles. The molecule has 2 nitrogen and oxygen atoms in total. The van der Waals surface area contributed by atoms with Gasteiger partial charge >= 0.3 is 0 Å². The largest absolute Gasteiger partial charge is 0.382 e. The van der Waals surface area contributed by atoms with Crippen LogP contribution in [0.5, 0.6) is 0 Å². The number of halogens is 1. The highest BCUT2D eigenvalue weighted by Gasteiger charge is 2.07. The fourth-order valence-corrected chi connectivity index (χ4v) is 1.77. The molecule has 0 heterocycles. The first-order chi connectivity index (χ1) is 8.17. The van der Waals surface area contributed by atoms with Crippen molar-refractivity contribution in [3.8, 4) is 6.07 Å². The molecule has 0 saturated heterocycles. The van der Waals surface area contributed by atoms with E-state index in [0.717, 1.165) is 12.1 Å². The van der Waals surface area contributed by atoms with Gasteiger partial charge in [0.15, 0.2) is 0 Å². The highest BCUT2D eigenvalue weighted by atomic mass is 19.1. The molecule has 0 amide bonds. The summed E-state index contributed by atoms with van der Waals surface area (Å²) in [6.45, 7) is 4.26. The van der Waals surface area contributed by atoms with Crippen LogP contribution in [0.1, 0.15) is 45.1 Å². The number of hydrogen-bond acceptors (Lipinski definition) is 2. The second-order valence-corrected chi connectivity index (χ2v) is 4.34. The lowest BCUT2D eigenvalue weighted by molar-refractivity contribution is 0.613. The van der Waals surface area contributed by atoms with E-state index in [4.69, 9.17) is 5.26 Å². The standard InChI is InChI=1S/C14H19FN2/c1-3-4-5-6-11(2)17-14-8-7-13(15)9-12(14)10-16/h7-9,11,17H,3-6H2,1-2H3. The Labute approximate surface area is 102 Å². The Morgan fingerprint density at radius 1 is 1.41 bits per heavy atom. The van der Waals surface area contributed by atoms with Gasteiger partial charge in [0.25, 0.3) is 0 Å². The lowest BCUT2D eigenvalue weighted by Gasteiger charge is -2.16. The van der Waals surface area contributed by atoms with Crippen LogP contribution in [-0.4, -0.2) is 6.04 Å². The van der Waals surface area contributed by atoms with E-state index in [1.165, 1.54) is 31.4 Å². The molecule has 0 radical (unpaired) electrons. The van der Waals surface area contributed by atoms with Crippen molar-refractivity contribution in [2.45, 2.75) is 45.6 Å². The van der Waals surface area contributed by atoms with Gasteiger partial charge < -0.3 is 5.32 Å². The highest BCUT2D eigenvalue weighted by Crippen LogP contribution is 2.18. The minimum atomic E-state index is -0.370. The molecule has 0 aromatic heterocycles. The van der Waals surface area contributed by atoms with E-state index in [0.29, 0.717) is 11.6 Å². The SMILES string of the molecule is CCCCCC(C)Nc1ccc(F)cc1C#N. The van der Waals surface area contributed by atoms with Crippen molar-refractivity contribution in [1.82, 2.24) is 0 Å². The summed E-state index contributed by atoms with van der Waals surface area (Å²) in [5.41, 5.74) is 1.09. The summed E-state index contributed by atoms with van der Waals surface area (Å²) in [6.07, 6.45) is 4.66. The number of anilines is 1. The summed E-state index contributed by atoms with van der Waals surface area (Å²) < 4.78 is 12.9. The van der Waals surface area contributed by atoms with E-state index >= 15 is 0 Å². The van der Waals surface area contributed by atoms with Crippen molar-refractivity contribution in [2.24, 2.45) is 0 Å². The van der Waals surface area contributed by atoms with Crippen molar-refractivity contribution >= 4 is 5.69 Å². The van der Waals surface area contributed by atoms with Crippen molar-refractivity contribution < 1.29 is 4.39 Å². The molecule has 0 aliphatic rings. The molecule has 1 aromatic carbocycles. The van der Waals surface area contributed by atoms with E-state index in [2.05, 4.69) is 19.2 Å². The Bertz CT molecular complexity index is 396. The fraction of sp³-hybridized carbons (Fsp3) is 0.500. The van der Waals surface area contributed by atoms with Gasteiger partial charge in [-0.05, 0) is 31.5 Å². The van der Waals surface area contributed by atoms with Crippen LogP contribution in [0.2, 0.25) is 0 Å². The molecule has 3 heteroatoms. The summed E-state index contributed by atoms with van der Waals surface area (Å²) >= 11 is 0. The quantitative estimate of drug-likeness (QED) is 0.753. The van der Waals surface area contributed by atoms with Gasteiger partial charge in [-0.25, -0.2) is 4.39 Å². The van der Waals surface area contributed by atoms with Crippen LogP contribution in [-0.2, 0) is 0 Å². The van der Waals surface area contributed by atoms with Crippen molar-refractivity contribution in [3.05, 3.63) is 29.6 Å². The Morgan fingerprint density at radius 3 is 2.82 bits per heavy atom. The second kappa shape index (κ2) is 6.90. The Morgan fingerprint density at radius 2 is 2.18 bits per heavy atom. The lowest BCUT2D eigenvalue weighted by atomic mass is 10.1.